The third-order valence-electron chi connectivity index (χ3n) is 4.13. The number of halogens is 3. The molecule has 1 amide bonds. The molecule has 1 aliphatic heterocycles. The molecular formula is C17H17F3N4O. The van der Waals surface area contributed by atoms with Crippen molar-refractivity contribution in [1.82, 2.24) is 19.8 Å². The Morgan fingerprint density at radius 2 is 1.72 bits per heavy atom. The molecule has 1 aromatic heterocycles. The lowest BCUT2D eigenvalue weighted by molar-refractivity contribution is -0.137. The fourth-order valence-corrected chi connectivity index (χ4v) is 2.74. The molecule has 0 radical (unpaired) electrons. The molecule has 1 fully saturated rings. The van der Waals surface area contributed by atoms with Crippen LogP contribution >= 0.6 is 0 Å². The van der Waals surface area contributed by atoms with Gasteiger partial charge < -0.3 is 4.90 Å². The Morgan fingerprint density at radius 1 is 1.04 bits per heavy atom. The number of nitrogens with zero attached hydrogens (tertiary/aromatic N) is 4. The summed E-state index contributed by atoms with van der Waals surface area (Å²) < 4.78 is 37.7. The molecule has 0 atom stereocenters. The highest BCUT2D eigenvalue weighted by atomic mass is 19.4. The van der Waals surface area contributed by atoms with Gasteiger partial charge in [-0.15, -0.1) is 0 Å². The first-order valence-electron chi connectivity index (χ1n) is 7.87. The van der Waals surface area contributed by atoms with Gasteiger partial charge in [0.1, 0.15) is 5.69 Å². The van der Waals surface area contributed by atoms with Crippen LogP contribution in [0.5, 0.6) is 0 Å². The van der Waals surface area contributed by atoms with Crippen molar-refractivity contribution in [2.45, 2.75) is 12.7 Å². The SMILES string of the molecule is O=C(c1cnccn1)N1CCN(Cc2ccc(C(F)(F)F)cc2)CC1. The van der Waals surface area contributed by atoms with Gasteiger partial charge in [0.15, 0.2) is 0 Å². The van der Waals surface area contributed by atoms with Crippen LogP contribution in [0.4, 0.5) is 13.2 Å². The minimum absolute atomic E-state index is 0.151. The third-order valence-corrected chi connectivity index (χ3v) is 4.13. The zero-order chi connectivity index (χ0) is 17.9. The molecule has 2 heterocycles. The van der Waals surface area contributed by atoms with Crippen LogP contribution in [0.3, 0.4) is 0 Å². The van der Waals surface area contributed by atoms with E-state index < -0.39 is 11.7 Å². The predicted octanol–water partition coefficient (Wildman–Crippen LogP) is 2.45. The van der Waals surface area contributed by atoms with E-state index in [9.17, 15) is 18.0 Å². The van der Waals surface area contributed by atoms with Crippen LogP contribution in [0.25, 0.3) is 0 Å². The second kappa shape index (κ2) is 7.18. The molecule has 5 nitrogen and oxygen atoms in total. The maximum absolute atomic E-state index is 12.6. The second-order valence-corrected chi connectivity index (χ2v) is 5.85. The monoisotopic (exact) mass is 350 g/mol. The second-order valence-electron chi connectivity index (χ2n) is 5.85. The number of hydrogen-bond donors (Lipinski definition) is 0. The van der Waals surface area contributed by atoms with E-state index in [0.29, 0.717) is 38.4 Å². The van der Waals surface area contributed by atoms with Crippen LogP contribution in [0.1, 0.15) is 21.6 Å². The maximum atomic E-state index is 12.6. The Hall–Kier alpha value is -2.48. The Kier molecular flexibility index (Phi) is 4.98. The van der Waals surface area contributed by atoms with Crippen molar-refractivity contribution in [2.75, 3.05) is 26.2 Å². The molecule has 25 heavy (non-hydrogen) atoms. The van der Waals surface area contributed by atoms with E-state index >= 15 is 0 Å². The summed E-state index contributed by atoms with van der Waals surface area (Å²) in [6, 6.07) is 5.20. The van der Waals surface area contributed by atoms with Crippen molar-refractivity contribution in [1.29, 1.82) is 0 Å². The smallest absolute Gasteiger partial charge is 0.335 e. The number of carbonyl (C=O) groups is 1. The van der Waals surface area contributed by atoms with Crippen molar-refractivity contribution in [3.05, 3.63) is 59.7 Å². The zero-order valence-corrected chi connectivity index (χ0v) is 13.4. The quantitative estimate of drug-likeness (QED) is 0.853. The number of piperazine rings is 1. The highest BCUT2D eigenvalue weighted by molar-refractivity contribution is 5.92. The fourth-order valence-electron chi connectivity index (χ4n) is 2.74. The van der Waals surface area contributed by atoms with Crippen LogP contribution < -0.4 is 0 Å². The van der Waals surface area contributed by atoms with Gasteiger partial charge in [-0.2, -0.15) is 13.2 Å². The average Bonchev–Trinajstić information content (AvgIpc) is 2.62. The van der Waals surface area contributed by atoms with Crippen molar-refractivity contribution in [3.8, 4) is 0 Å². The van der Waals surface area contributed by atoms with E-state index in [4.69, 9.17) is 0 Å². The average molecular weight is 350 g/mol. The van der Waals surface area contributed by atoms with Crippen LogP contribution in [0.15, 0.2) is 42.9 Å². The van der Waals surface area contributed by atoms with E-state index in [0.717, 1.165) is 17.7 Å². The molecule has 0 unspecified atom stereocenters. The lowest BCUT2D eigenvalue weighted by atomic mass is 10.1. The third kappa shape index (κ3) is 4.33. The lowest BCUT2D eigenvalue weighted by Gasteiger charge is -2.34. The van der Waals surface area contributed by atoms with Gasteiger partial charge in [0, 0.05) is 45.1 Å². The number of benzene rings is 1. The van der Waals surface area contributed by atoms with Crippen LogP contribution in [0, 0.1) is 0 Å². The van der Waals surface area contributed by atoms with Gasteiger partial charge in [0.05, 0.1) is 11.8 Å². The lowest BCUT2D eigenvalue weighted by Crippen LogP contribution is -2.48. The molecule has 0 aliphatic carbocycles. The Morgan fingerprint density at radius 3 is 2.28 bits per heavy atom. The first kappa shape index (κ1) is 17.3. The number of alkyl halides is 3. The normalized spacial score (nSPS) is 16.0. The molecule has 0 spiro atoms. The molecule has 0 bridgehead atoms. The highest BCUT2D eigenvalue weighted by Crippen LogP contribution is 2.29. The molecule has 1 saturated heterocycles. The van der Waals surface area contributed by atoms with Gasteiger partial charge in [-0.3, -0.25) is 14.7 Å². The largest absolute Gasteiger partial charge is 0.416 e. The Balaban J connectivity index is 1.53. The summed E-state index contributed by atoms with van der Waals surface area (Å²) in [6.45, 7) is 2.98. The molecule has 3 rings (SSSR count). The Bertz CT molecular complexity index is 711. The summed E-state index contributed by atoms with van der Waals surface area (Å²) in [5, 5.41) is 0. The molecule has 2 aromatic rings. The summed E-state index contributed by atoms with van der Waals surface area (Å²) >= 11 is 0. The van der Waals surface area contributed by atoms with E-state index in [1.807, 2.05) is 0 Å². The highest BCUT2D eigenvalue weighted by Gasteiger charge is 2.30. The summed E-state index contributed by atoms with van der Waals surface area (Å²) in [7, 11) is 0. The van der Waals surface area contributed by atoms with Crippen LogP contribution in [-0.2, 0) is 12.7 Å². The van der Waals surface area contributed by atoms with E-state index in [1.54, 1.807) is 4.90 Å². The number of aromatic nitrogens is 2. The summed E-state index contributed by atoms with van der Waals surface area (Å²) in [5.74, 6) is -0.151. The molecule has 132 valence electrons. The van der Waals surface area contributed by atoms with Crippen molar-refractivity contribution >= 4 is 5.91 Å². The molecule has 8 heteroatoms. The summed E-state index contributed by atoms with van der Waals surface area (Å²) in [4.78, 5) is 24.0. The van der Waals surface area contributed by atoms with E-state index in [1.165, 1.54) is 30.7 Å². The molecule has 1 aliphatic rings. The molecule has 0 saturated carbocycles. The summed E-state index contributed by atoms with van der Waals surface area (Å²) in [5.41, 5.74) is 0.496. The standard InChI is InChI=1S/C17H17F3N4O/c18-17(19,20)14-3-1-13(2-4-14)12-23-7-9-24(10-8-23)16(25)15-11-21-5-6-22-15/h1-6,11H,7-10,12H2. The van der Waals surface area contributed by atoms with Gasteiger partial charge in [0.2, 0.25) is 0 Å². The van der Waals surface area contributed by atoms with Crippen molar-refractivity contribution in [3.63, 3.8) is 0 Å². The predicted molar refractivity (Wildman–Crippen MR) is 84.7 cm³/mol. The first-order valence-corrected chi connectivity index (χ1v) is 7.87. The molecule has 1 aromatic carbocycles. The number of amides is 1. The molecular weight excluding hydrogens is 333 g/mol. The maximum Gasteiger partial charge on any atom is 0.416 e. The van der Waals surface area contributed by atoms with E-state index in [-0.39, 0.29) is 5.91 Å². The van der Waals surface area contributed by atoms with Crippen molar-refractivity contribution < 1.29 is 18.0 Å². The fraction of sp³-hybridized carbons (Fsp3) is 0.353. The van der Waals surface area contributed by atoms with Gasteiger partial charge in [-0.25, -0.2) is 4.98 Å². The zero-order valence-electron chi connectivity index (χ0n) is 13.4. The van der Waals surface area contributed by atoms with Crippen LogP contribution in [0.2, 0.25) is 0 Å². The Labute approximate surface area is 143 Å². The van der Waals surface area contributed by atoms with Gasteiger partial charge in [0.25, 0.3) is 5.91 Å². The van der Waals surface area contributed by atoms with Crippen LogP contribution in [-0.4, -0.2) is 51.9 Å². The van der Waals surface area contributed by atoms with Gasteiger partial charge >= 0.3 is 6.18 Å². The van der Waals surface area contributed by atoms with Gasteiger partial charge in [-0.05, 0) is 17.7 Å². The number of rotatable bonds is 3. The minimum atomic E-state index is -4.31. The first-order chi connectivity index (χ1) is 11.9. The minimum Gasteiger partial charge on any atom is -0.335 e. The van der Waals surface area contributed by atoms with E-state index in [2.05, 4.69) is 14.9 Å². The van der Waals surface area contributed by atoms with Crippen molar-refractivity contribution in [2.24, 2.45) is 0 Å². The number of carbonyl (C=O) groups excluding carboxylic acids is 1. The molecule has 0 N–H and O–H groups in total. The number of hydrogen-bond acceptors (Lipinski definition) is 4. The topological polar surface area (TPSA) is 49.3 Å². The summed E-state index contributed by atoms with van der Waals surface area (Å²) in [6.07, 6.45) is 0.120. The van der Waals surface area contributed by atoms with Gasteiger partial charge in [-0.1, -0.05) is 12.1 Å².